The fraction of sp³-hybridized carbons (Fsp3) is 0.273. The Labute approximate surface area is 173 Å². The molecule has 6 nitrogen and oxygen atoms in total. The molecule has 1 aromatic carbocycles. The van der Waals surface area contributed by atoms with E-state index in [0.29, 0.717) is 18.0 Å². The highest BCUT2D eigenvalue weighted by Crippen LogP contribution is 2.37. The average Bonchev–Trinajstić information content (AvgIpc) is 3.14. The molecule has 1 saturated heterocycles. The minimum Gasteiger partial charge on any atom is -0.496 e. The van der Waals surface area contributed by atoms with Crippen LogP contribution in [0.3, 0.4) is 0 Å². The topological polar surface area (TPSA) is 77.7 Å². The zero-order valence-electron chi connectivity index (χ0n) is 16.2. The highest BCUT2D eigenvalue weighted by Gasteiger charge is 2.29. The molecule has 1 aliphatic rings. The Hall–Kier alpha value is -2.74. The number of benzene rings is 1. The first kappa shape index (κ1) is 19.6. The third-order valence-corrected chi connectivity index (χ3v) is 6.14. The minimum absolute atomic E-state index is 0.205. The number of primary amides is 1. The van der Waals surface area contributed by atoms with E-state index in [1.807, 2.05) is 36.4 Å². The third-order valence-electron chi connectivity index (χ3n) is 5.00. The molecule has 3 aromatic rings. The summed E-state index contributed by atoms with van der Waals surface area (Å²) in [5.41, 5.74) is 7.55. The van der Waals surface area contributed by atoms with Crippen molar-refractivity contribution in [3.8, 4) is 5.75 Å². The number of amides is 1. The number of hydrogen-bond donors (Lipinski definition) is 1. The molecule has 0 saturated carbocycles. The number of carbonyl (C=O) groups excluding carboxylic acids is 1. The van der Waals surface area contributed by atoms with E-state index in [1.165, 1.54) is 11.3 Å². The van der Waals surface area contributed by atoms with Crippen molar-refractivity contribution in [1.29, 1.82) is 0 Å². The van der Waals surface area contributed by atoms with Crippen LogP contribution in [0.5, 0.6) is 5.75 Å². The molecule has 2 aromatic heterocycles. The number of hydrogen-bond acceptors (Lipinski definition) is 6. The second kappa shape index (κ2) is 8.73. The molecular formula is C22H23N3O3S. The SMILES string of the molecule is COc1ccccc1/C=C/CN1CCOC(c2c(C(N)=O)sc3ncccc23)C1. The summed E-state index contributed by atoms with van der Waals surface area (Å²) in [7, 11) is 1.68. The van der Waals surface area contributed by atoms with E-state index in [0.717, 1.165) is 40.2 Å². The number of para-hydroxylation sites is 1. The number of methoxy groups -OCH3 is 1. The molecule has 0 spiro atoms. The van der Waals surface area contributed by atoms with Gasteiger partial charge in [-0.25, -0.2) is 4.98 Å². The number of ether oxygens (including phenoxy) is 2. The summed E-state index contributed by atoms with van der Waals surface area (Å²) in [6.07, 6.45) is 5.72. The Balaban J connectivity index is 1.52. The lowest BCUT2D eigenvalue weighted by Gasteiger charge is -2.32. The van der Waals surface area contributed by atoms with Crippen LogP contribution in [0.15, 0.2) is 48.7 Å². The van der Waals surface area contributed by atoms with Crippen molar-refractivity contribution in [2.45, 2.75) is 6.10 Å². The van der Waals surface area contributed by atoms with Crippen molar-refractivity contribution < 1.29 is 14.3 Å². The van der Waals surface area contributed by atoms with Crippen LogP contribution in [0.25, 0.3) is 16.3 Å². The van der Waals surface area contributed by atoms with E-state index >= 15 is 0 Å². The number of nitrogens with two attached hydrogens (primary N) is 1. The van der Waals surface area contributed by atoms with E-state index in [2.05, 4.69) is 22.0 Å². The van der Waals surface area contributed by atoms with Crippen molar-refractivity contribution >= 4 is 33.5 Å². The summed E-state index contributed by atoms with van der Waals surface area (Å²) >= 11 is 1.33. The third kappa shape index (κ3) is 4.17. The number of thiophene rings is 1. The normalized spacial score (nSPS) is 17.8. The van der Waals surface area contributed by atoms with Crippen LogP contribution in [-0.2, 0) is 4.74 Å². The summed E-state index contributed by atoms with van der Waals surface area (Å²) in [6.45, 7) is 2.91. The Morgan fingerprint density at radius 3 is 3.07 bits per heavy atom. The molecule has 29 heavy (non-hydrogen) atoms. The van der Waals surface area contributed by atoms with Gasteiger partial charge < -0.3 is 15.2 Å². The smallest absolute Gasteiger partial charge is 0.259 e. The van der Waals surface area contributed by atoms with Crippen molar-refractivity contribution in [2.75, 3.05) is 33.4 Å². The largest absolute Gasteiger partial charge is 0.496 e. The van der Waals surface area contributed by atoms with E-state index < -0.39 is 5.91 Å². The average molecular weight is 410 g/mol. The number of nitrogens with zero attached hydrogens (tertiary/aromatic N) is 2. The zero-order valence-corrected chi connectivity index (χ0v) is 17.0. The Kier molecular flexibility index (Phi) is 5.89. The second-order valence-electron chi connectivity index (χ2n) is 6.83. The van der Waals surface area contributed by atoms with Gasteiger partial charge in [0, 0.05) is 42.3 Å². The number of morpholine rings is 1. The maximum absolute atomic E-state index is 12.0. The molecule has 0 aliphatic carbocycles. The van der Waals surface area contributed by atoms with E-state index in [1.54, 1.807) is 13.3 Å². The molecule has 4 rings (SSSR count). The predicted molar refractivity (Wildman–Crippen MR) is 115 cm³/mol. The first-order valence-corrected chi connectivity index (χ1v) is 10.3. The summed E-state index contributed by atoms with van der Waals surface area (Å²) in [4.78, 5) is 20.1. The van der Waals surface area contributed by atoms with Crippen LogP contribution in [0.2, 0.25) is 0 Å². The van der Waals surface area contributed by atoms with Gasteiger partial charge in [0.15, 0.2) is 0 Å². The predicted octanol–water partition coefficient (Wildman–Crippen LogP) is 3.49. The minimum atomic E-state index is -0.431. The van der Waals surface area contributed by atoms with E-state index in [4.69, 9.17) is 15.2 Å². The zero-order chi connectivity index (χ0) is 20.2. The fourth-order valence-corrected chi connectivity index (χ4v) is 4.68. The number of fused-ring (bicyclic) bond motifs is 1. The van der Waals surface area contributed by atoms with Crippen LogP contribution in [0.4, 0.5) is 0 Å². The number of carbonyl (C=O) groups is 1. The fourth-order valence-electron chi connectivity index (χ4n) is 3.63. The van der Waals surface area contributed by atoms with E-state index in [9.17, 15) is 4.79 Å². The molecule has 150 valence electrons. The monoisotopic (exact) mass is 409 g/mol. The molecule has 1 unspecified atom stereocenters. The van der Waals surface area contributed by atoms with Gasteiger partial charge in [0.1, 0.15) is 15.5 Å². The van der Waals surface area contributed by atoms with Crippen molar-refractivity contribution in [1.82, 2.24) is 9.88 Å². The molecule has 2 N–H and O–H groups in total. The van der Waals surface area contributed by atoms with Gasteiger partial charge in [-0.3, -0.25) is 9.69 Å². The Morgan fingerprint density at radius 1 is 1.38 bits per heavy atom. The Morgan fingerprint density at radius 2 is 2.24 bits per heavy atom. The number of pyridine rings is 1. The summed E-state index contributed by atoms with van der Waals surface area (Å²) in [5.74, 6) is 0.423. The highest BCUT2D eigenvalue weighted by atomic mass is 32.1. The second-order valence-corrected chi connectivity index (χ2v) is 7.83. The lowest BCUT2D eigenvalue weighted by atomic mass is 10.0. The van der Waals surface area contributed by atoms with Gasteiger partial charge in [-0.2, -0.15) is 0 Å². The van der Waals surface area contributed by atoms with Gasteiger partial charge in [0.2, 0.25) is 0 Å². The lowest BCUT2D eigenvalue weighted by Crippen LogP contribution is -2.38. The van der Waals surface area contributed by atoms with Crippen LogP contribution >= 0.6 is 11.3 Å². The molecule has 0 bridgehead atoms. The van der Waals surface area contributed by atoms with Gasteiger partial charge in [0.25, 0.3) is 5.91 Å². The maximum atomic E-state index is 12.0. The van der Waals surface area contributed by atoms with Gasteiger partial charge in [-0.05, 0) is 12.1 Å². The highest BCUT2D eigenvalue weighted by molar-refractivity contribution is 7.20. The molecule has 1 fully saturated rings. The summed E-state index contributed by atoms with van der Waals surface area (Å²) in [6, 6.07) is 11.8. The van der Waals surface area contributed by atoms with Crippen molar-refractivity contribution in [3.63, 3.8) is 0 Å². The first-order valence-electron chi connectivity index (χ1n) is 9.48. The van der Waals surface area contributed by atoms with Gasteiger partial charge >= 0.3 is 0 Å². The number of aromatic nitrogens is 1. The molecule has 1 amide bonds. The molecule has 1 atom stereocenters. The van der Waals surface area contributed by atoms with Gasteiger partial charge in [-0.15, -0.1) is 11.3 Å². The molecule has 1 aliphatic heterocycles. The molecule has 7 heteroatoms. The summed E-state index contributed by atoms with van der Waals surface area (Å²) in [5, 5.41) is 0.947. The quantitative estimate of drug-likeness (QED) is 0.674. The van der Waals surface area contributed by atoms with Crippen LogP contribution < -0.4 is 10.5 Å². The maximum Gasteiger partial charge on any atom is 0.259 e. The standard InChI is InChI=1S/C22H23N3O3S/c1-27-17-9-3-2-6-15(17)7-5-11-25-12-13-28-18(14-25)19-16-8-4-10-24-22(16)29-20(19)21(23)26/h2-10,18H,11-14H2,1H3,(H2,23,26)/b7-5+. The van der Waals surface area contributed by atoms with E-state index in [-0.39, 0.29) is 6.10 Å². The van der Waals surface area contributed by atoms with Crippen LogP contribution in [-0.4, -0.2) is 49.1 Å². The molecule has 3 heterocycles. The van der Waals surface area contributed by atoms with Gasteiger partial charge in [0.05, 0.1) is 19.8 Å². The Bertz CT molecular complexity index is 1050. The number of rotatable bonds is 6. The summed E-state index contributed by atoms with van der Waals surface area (Å²) < 4.78 is 11.4. The van der Waals surface area contributed by atoms with Crippen molar-refractivity contribution in [3.05, 3.63) is 64.7 Å². The van der Waals surface area contributed by atoms with Crippen molar-refractivity contribution in [2.24, 2.45) is 5.73 Å². The lowest BCUT2D eigenvalue weighted by molar-refractivity contribution is -0.0253. The molecule has 0 radical (unpaired) electrons. The molecular weight excluding hydrogens is 386 g/mol. The first-order chi connectivity index (χ1) is 14.2. The van der Waals surface area contributed by atoms with Crippen LogP contribution in [0, 0.1) is 0 Å². The van der Waals surface area contributed by atoms with Crippen LogP contribution in [0.1, 0.15) is 26.9 Å². The van der Waals surface area contributed by atoms with Gasteiger partial charge in [-0.1, -0.05) is 36.4 Å².